The molecule has 0 bridgehead atoms. The van der Waals surface area contributed by atoms with E-state index in [2.05, 4.69) is 31.0 Å². The van der Waals surface area contributed by atoms with Crippen molar-refractivity contribution in [2.45, 2.75) is 58.5 Å². The molecule has 1 N–H and O–H groups in total. The Morgan fingerprint density at radius 2 is 2.00 bits per heavy atom. The number of rotatable bonds is 3. The fourth-order valence-electron chi connectivity index (χ4n) is 2.37. The van der Waals surface area contributed by atoms with Crippen LogP contribution in [0.25, 0.3) is 0 Å². The summed E-state index contributed by atoms with van der Waals surface area (Å²) >= 11 is 0. The van der Waals surface area contributed by atoms with Crippen molar-refractivity contribution in [1.29, 1.82) is 0 Å². The first-order valence-corrected chi connectivity index (χ1v) is 6.25. The fraction of sp³-hybridized carbons (Fsp3) is 1.00. The third kappa shape index (κ3) is 3.58. The van der Waals surface area contributed by atoms with Gasteiger partial charge in [-0.05, 0) is 52.2 Å². The maximum absolute atomic E-state index is 3.55. The molecule has 0 aromatic heterocycles. The highest BCUT2D eigenvalue weighted by atomic mass is 15.2. The minimum atomic E-state index is 0.701. The van der Waals surface area contributed by atoms with Crippen molar-refractivity contribution in [2.75, 3.05) is 19.6 Å². The molecule has 2 heteroatoms. The molecule has 14 heavy (non-hydrogen) atoms. The highest BCUT2D eigenvalue weighted by Crippen LogP contribution is 2.12. The van der Waals surface area contributed by atoms with Gasteiger partial charge in [-0.3, -0.25) is 0 Å². The Kier molecular flexibility index (Phi) is 5.49. The first-order valence-electron chi connectivity index (χ1n) is 6.25. The van der Waals surface area contributed by atoms with Gasteiger partial charge in [0.15, 0.2) is 0 Å². The van der Waals surface area contributed by atoms with Crippen LogP contribution < -0.4 is 5.32 Å². The van der Waals surface area contributed by atoms with Crippen LogP contribution in [0.3, 0.4) is 0 Å². The molecule has 1 saturated heterocycles. The molecule has 0 radical (unpaired) electrons. The first kappa shape index (κ1) is 12.0. The number of nitrogens with zero attached hydrogens (tertiary/aromatic N) is 1. The predicted molar refractivity (Wildman–Crippen MR) is 62.6 cm³/mol. The summed E-state index contributed by atoms with van der Waals surface area (Å²) in [4.78, 5) is 2.69. The maximum Gasteiger partial charge on any atom is 0.00900 e. The molecular weight excluding hydrogens is 172 g/mol. The van der Waals surface area contributed by atoms with Crippen molar-refractivity contribution in [2.24, 2.45) is 0 Å². The second-order valence-corrected chi connectivity index (χ2v) is 4.50. The molecule has 2 nitrogen and oxygen atoms in total. The molecular formula is C12H26N2. The molecule has 1 aliphatic rings. The predicted octanol–water partition coefficient (Wildman–Crippen LogP) is 2.25. The highest BCUT2D eigenvalue weighted by molar-refractivity contribution is 4.74. The van der Waals surface area contributed by atoms with Crippen LogP contribution in [-0.4, -0.2) is 36.6 Å². The van der Waals surface area contributed by atoms with Crippen LogP contribution in [0.1, 0.15) is 46.5 Å². The van der Waals surface area contributed by atoms with Gasteiger partial charge >= 0.3 is 0 Å². The zero-order valence-corrected chi connectivity index (χ0v) is 10.1. The lowest BCUT2D eigenvalue weighted by molar-refractivity contribution is 0.164. The molecule has 0 aromatic rings. The lowest BCUT2D eigenvalue weighted by atomic mass is 10.1. The molecule has 1 fully saturated rings. The molecule has 0 spiro atoms. The molecule has 84 valence electrons. The van der Waals surface area contributed by atoms with Gasteiger partial charge in [-0.2, -0.15) is 0 Å². The zero-order valence-electron chi connectivity index (χ0n) is 10.1. The molecule has 0 amide bonds. The highest BCUT2D eigenvalue weighted by Gasteiger charge is 2.17. The maximum atomic E-state index is 3.55. The van der Waals surface area contributed by atoms with Crippen molar-refractivity contribution in [1.82, 2.24) is 10.2 Å². The molecule has 1 rings (SSSR count). The normalized spacial score (nSPS) is 26.1. The van der Waals surface area contributed by atoms with Crippen molar-refractivity contribution >= 4 is 0 Å². The topological polar surface area (TPSA) is 15.3 Å². The molecule has 1 unspecified atom stereocenters. The summed E-state index contributed by atoms with van der Waals surface area (Å²) in [6, 6.07) is 1.52. The minimum Gasteiger partial charge on any atom is -0.314 e. The van der Waals surface area contributed by atoms with E-state index in [9.17, 15) is 0 Å². The molecule has 0 saturated carbocycles. The van der Waals surface area contributed by atoms with E-state index in [0.717, 1.165) is 6.04 Å². The quantitative estimate of drug-likeness (QED) is 0.748. The molecule has 1 atom stereocenters. The SMILES string of the molecule is CCC(CC)N1CCCNC(C)CC1. The lowest BCUT2D eigenvalue weighted by Gasteiger charge is -2.33. The summed E-state index contributed by atoms with van der Waals surface area (Å²) in [7, 11) is 0. The second kappa shape index (κ2) is 6.41. The van der Waals surface area contributed by atoms with Crippen LogP contribution in [0.15, 0.2) is 0 Å². The zero-order chi connectivity index (χ0) is 10.4. The Morgan fingerprint density at radius 3 is 2.64 bits per heavy atom. The Labute approximate surface area is 89.1 Å². The van der Waals surface area contributed by atoms with Crippen LogP contribution in [-0.2, 0) is 0 Å². The van der Waals surface area contributed by atoms with Crippen LogP contribution in [0.5, 0.6) is 0 Å². The van der Waals surface area contributed by atoms with Gasteiger partial charge in [0, 0.05) is 12.1 Å². The number of hydrogen-bond donors (Lipinski definition) is 1. The van der Waals surface area contributed by atoms with Gasteiger partial charge < -0.3 is 10.2 Å². The average Bonchev–Trinajstić information content (AvgIpc) is 2.17. The van der Waals surface area contributed by atoms with Gasteiger partial charge in [0.1, 0.15) is 0 Å². The molecule has 1 aliphatic heterocycles. The van der Waals surface area contributed by atoms with Gasteiger partial charge in [0.25, 0.3) is 0 Å². The fourth-order valence-corrected chi connectivity index (χ4v) is 2.37. The van der Waals surface area contributed by atoms with Gasteiger partial charge in [-0.25, -0.2) is 0 Å². The first-order chi connectivity index (χ1) is 6.77. The van der Waals surface area contributed by atoms with Crippen LogP contribution >= 0.6 is 0 Å². The summed E-state index contributed by atoms with van der Waals surface area (Å²) < 4.78 is 0. The largest absolute Gasteiger partial charge is 0.314 e. The smallest absolute Gasteiger partial charge is 0.00900 e. The molecule has 0 aromatic carbocycles. The van der Waals surface area contributed by atoms with Gasteiger partial charge in [0.2, 0.25) is 0 Å². The Balaban J connectivity index is 2.41. The third-order valence-corrected chi connectivity index (χ3v) is 3.42. The van der Waals surface area contributed by atoms with Crippen LogP contribution in [0.4, 0.5) is 0 Å². The summed E-state index contributed by atoms with van der Waals surface area (Å²) in [6.45, 7) is 10.7. The number of hydrogen-bond acceptors (Lipinski definition) is 2. The number of nitrogens with one attached hydrogen (secondary N) is 1. The van der Waals surface area contributed by atoms with E-state index in [0.29, 0.717) is 6.04 Å². The summed E-state index contributed by atoms with van der Waals surface area (Å²) in [5.41, 5.74) is 0. The molecule has 1 heterocycles. The van der Waals surface area contributed by atoms with E-state index in [1.54, 1.807) is 0 Å². The van der Waals surface area contributed by atoms with E-state index in [1.807, 2.05) is 0 Å². The van der Waals surface area contributed by atoms with Gasteiger partial charge in [-0.1, -0.05) is 13.8 Å². The van der Waals surface area contributed by atoms with Crippen molar-refractivity contribution in [3.63, 3.8) is 0 Å². The van der Waals surface area contributed by atoms with E-state index in [4.69, 9.17) is 0 Å². The van der Waals surface area contributed by atoms with Gasteiger partial charge in [-0.15, -0.1) is 0 Å². The van der Waals surface area contributed by atoms with Crippen molar-refractivity contribution in [3.8, 4) is 0 Å². The van der Waals surface area contributed by atoms with E-state index in [-0.39, 0.29) is 0 Å². The second-order valence-electron chi connectivity index (χ2n) is 4.50. The van der Waals surface area contributed by atoms with Crippen LogP contribution in [0.2, 0.25) is 0 Å². The summed E-state index contributed by atoms with van der Waals surface area (Å²) in [6.07, 6.45) is 5.22. The van der Waals surface area contributed by atoms with E-state index >= 15 is 0 Å². The molecule has 0 aliphatic carbocycles. The lowest BCUT2D eigenvalue weighted by Crippen LogP contribution is -2.42. The average molecular weight is 198 g/mol. The minimum absolute atomic E-state index is 0.701. The monoisotopic (exact) mass is 198 g/mol. The van der Waals surface area contributed by atoms with E-state index < -0.39 is 0 Å². The Bertz CT molecular complexity index is 143. The van der Waals surface area contributed by atoms with Crippen molar-refractivity contribution < 1.29 is 0 Å². The summed E-state index contributed by atoms with van der Waals surface area (Å²) in [5.74, 6) is 0. The Hall–Kier alpha value is -0.0800. The van der Waals surface area contributed by atoms with Crippen molar-refractivity contribution in [3.05, 3.63) is 0 Å². The van der Waals surface area contributed by atoms with Crippen LogP contribution in [0, 0.1) is 0 Å². The third-order valence-electron chi connectivity index (χ3n) is 3.42. The standard InChI is InChI=1S/C12H26N2/c1-4-12(5-2)14-9-6-8-13-11(3)7-10-14/h11-13H,4-10H2,1-3H3. The Morgan fingerprint density at radius 1 is 1.29 bits per heavy atom. The van der Waals surface area contributed by atoms with Gasteiger partial charge in [0.05, 0.1) is 0 Å². The van der Waals surface area contributed by atoms with E-state index in [1.165, 1.54) is 45.3 Å². The summed E-state index contributed by atoms with van der Waals surface area (Å²) in [5, 5.41) is 3.55.